The normalized spacial score (nSPS) is 18.7. The van der Waals surface area contributed by atoms with Gasteiger partial charge in [0, 0.05) is 49.5 Å². The minimum absolute atomic E-state index is 0.102. The standard InChI is InChI=1S/C25H31N7O3S/c1-18(32-12-4-8-25(32)9-13-35-14-10-25)19-6-7-21(27-16-19)30-22-15-23(29-17-28-22)31-24-20(36(2,33)34)5-3-11-26-24/h3,5-7,11,15-18H,4,8-10,12-14H2,1-2H3,(H2,26,27,28,29,30,31)/t18-/m0/s1. The van der Waals surface area contributed by atoms with Gasteiger partial charge in [0.25, 0.3) is 0 Å². The van der Waals surface area contributed by atoms with Crippen LogP contribution < -0.4 is 10.6 Å². The van der Waals surface area contributed by atoms with Gasteiger partial charge in [0.1, 0.15) is 34.5 Å². The molecule has 2 fully saturated rings. The highest BCUT2D eigenvalue weighted by atomic mass is 32.2. The first kappa shape index (κ1) is 24.5. The zero-order chi connectivity index (χ0) is 25.2. The molecule has 5 rings (SSSR count). The third-order valence-corrected chi connectivity index (χ3v) is 8.28. The molecule has 3 aromatic rings. The Morgan fingerprint density at radius 3 is 2.50 bits per heavy atom. The molecular formula is C25H31N7O3S. The van der Waals surface area contributed by atoms with Gasteiger partial charge in [0.05, 0.1) is 0 Å². The number of likely N-dealkylation sites (tertiary alicyclic amines) is 1. The summed E-state index contributed by atoms with van der Waals surface area (Å²) < 4.78 is 29.7. The van der Waals surface area contributed by atoms with E-state index in [9.17, 15) is 8.42 Å². The maximum absolute atomic E-state index is 12.1. The van der Waals surface area contributed by atoms with Gasteiger partial charge in [0.15, 0.2) is 9.84 Å². The number of hydrogen-bond donors (Lipinski definition) is 2. The fraction of sp³-hybridized carbons (Fsp3) is 0.440. The molecule has 0 radical (unpaired) electrons. The minimum atomic E-state index is -3.44. The molecule has 10 nitrogen and oxygen atoms in total. The summed E-state index contributed by atoms with van der Waals surface area (Å²) in [7, 11) is -3.44. The second-order valence-electron chi connectivity index (χ2n) is 9.45. The third-order valence-electron chi connectivity index (χ3n) is 7.15. The number of sulfone groups is 1. The maximum atomic E-state index is 12.1. The smallest absolute Gasteiger partial charge is 0.179 e. The van der Waals surface area contributed by atoms with E-state index >= 15 is 0 Å². The molecule has 1 spiro atoms. The molecule has 3 aromatic heterocycles. The first-order valence-electron chi connectivity index (χ1n) is 12.2. The van der Waals surface area contributed by atoms with Gasteiger partial charge in [-0.3, -0.25) is 4.90 Å². The zero-order valence-corrected chi connectivity index (χ0v) is 21.3. The van der Waals surface area contributed by atoms with Gasteiger partial charge in [0.2, 0.25) is 0 Å². The molecule has 0 bridgehead atoms. The van der Waals surface area contributed by atoms with E-state index in [2.05, 4.69) is 48.5 Å². The predicted molar refractivity (Wildman–Crippen MR) is 137 cm³/mol. The van der Waals surface area contributed by atoms with E-state index in [0.29, 0.717) is 17.5 Å². The number of ether oxygens (including phenoxy) is 1. The number of nitrogens with one attached hydrogen (secondary N) is 2. The number of nitrogens with zero attached hydrogens (tertiary/aromatic N) is 5. The first-order chi connectivity index (χ1) is 17.3. The Balaban J connectivity index is 1.28. The molecule has 0 aliphatic carbocycles. The summed E-state index contributed by atoms with van der Waals surface area (Å²) in [5.41, 5.74) is 1.44. The summed E-state index contributed by atoms with van der Waals surface area (Å²) in [5, 5.41) is 6.17. The van der Waals surface area contributed by atoms with E-state index in [1.807, 2.05) is 12.3 Å². The van der Waals surface area contributed by atoms with Crippen LogP contribution in [0.15, 0.2) is 53.9 Å². The van der Waals surface area contributed by atoms with Crippen molar-refractivity contribution in [2.45, 2.75) is 49.1 Å². The molecule has 1 atom stereocenters. The van der Waals surface area contributed by atoms with Crippen molar-refractivity contribution in [3.8, 4) is 0 Å². The van der Waals surface area contributed by atoms with Crippen molar-refractivity contribution in [3.05, 3.63) is 54.6 Å². The van der Waals surface area contributed by atoms with Gasteiger partial charge in [-0.15, -0.1) is 0 Å². The first-order valence-corrected chi connectivity index (χ1v) is 14.0. The van der Waals surface area contributed by atoms with E-state index in [4.69, 9.17) is 4.74 Å². The van der Waals surface area contributed by atoms with Crippen LogP contribution in [0.2, 0.25) is 0 Å². The van der Waals surface area contributed by atoms with Gasteiger partial charge in [-0.25, -0.2) is 28.4 Å². The van der Waals surface area contributed by atoms with Crippen LogP contribution in [0, 0.1) is 0 Å². The Bertz CT molecular complexity index is 1310. The van der Waals surface area contributed by atoms with Gasteiger partial charge in [-0.05, 0) is 62.9 Å². The molecule has 190 valence electrons. The van der Waals surface area contributed by atoms with Crippen LogP contribution in [0.1, 0.15) is 44.2 Å². The highest BCUT2D eigenvalue weighted by molar-refractivity contribution is 7.90. The van der Waals surface area contributed by atoms with Crippen LogP contribution in [0.4, 0.5) is 23.3 Å². The second kappa shape index (κ2) is 10.1. The zero-order valence-electron chi connectivity index (χ0n) is 20.5. The van der Waals surface area contributed by atoms with E-state index in [1.54, 1.807) is 12.1 Å². The molecular weight excluding hydrogens is 478 g/mol. The van der Waals surface area contributed by atoms with Crippen molar-refractivity contribution in [2.75, 3.05) is 36.6 Å². The molecule has 5 heterocycles. The topological polar surface area (TPSA) is 122 Å². The summed E-state index contributed by atoms with van der Waals surface area (Å²) in [6.45, 7) is 5.05. The molecule has 11 heteroatoms. The maximum Gasteiger partial charge on any atom is 0.179 e. The van der Waals surface area contributed by atoms with Crippen LogP contribution in [0.5, 0.6) is 0 Å². The minimum Gasteiger partial charge on any atom is -0.381 e. The molecule has 36 heavy (non-hydrogen) atoms. The number of anilines is 4. The van der Waals surface area contributed by atoms with Crippen molar-refractivity contribution in [1.29, 1.82) is 0 Å². The van der Waals surface area contributed by atoms with Crippen molar-refractivity contribution in [2.24, 2.45) is 0 Å². The molecule has 2 N–H and O–H groups in total. The summed E-state index contributed by atoms with van der Waals surface area (Å²) in [6, 6.07) is 9.11. The van der Waals surface area contributed by atoms with Crippen molar-refractivity contribution >= 4 is 33.1 Å². The molecule has 0 saturated carbocycles. The van der Waals surface area contributed by atoms with Crippen molar-refractivity contribution in [3.63, 3.8) is 0 Å². The van der Waals surface area contributed by atoms with Crippen molar-refractivity contribution < 1.29 is 13.2 Å². The van der Waals surface area contributed by atoms with E-state index < -0.39 is 9.84 Å². The summed E-state index contributed by atoms with van der Waals surface area (Å²) in [5.74, 6) is 1.81. The highest BCUT2D eigenvalue weighted by Gasteiger charge is 2.44. The summed E-state index contributed by atoms with van der Waals surface area (Å²) >= 11 is 0. The lowest BCUT2D eigenvalue weighted by atomic mass is 9.86. The average Bonchev–Trinajstić information content (AvgIpc) is 3.27. The Morgan fingerprint density at radius 1 is 1.00 bits per heavy atom. The lowest BCUT2D eigenvalue weighted by Gasteiger charge is -2.44. The van der Waals surface area contributed by atoms with E-state index in [0.717, 1.165) is 38.9 Å². The number of pyridine rings is 2. The van der Waals surface area contributed by atoms with Crippen molar-refractivity contribution in [1.82, 2.24) is 24.8 Å². The van der Waals surface area contributed by atoms with Crippen LogP contribution >= 0.6 is 0 Å². The monoisotopic (exact) mass is 509 g/mol. The molecule has 0 amide bonds. The van der Waals surface area contributed by atoms with Crippen LogP contribution in [0.3, 0.4) is 0 Å². The van der Waals surface area contributed by atoms with Crippen LogP contribution in [-0.4, -0.2) is 64.8 Å². The van der Waals surface area contributed by atoms with Crippen LogP contribution in [0.25, 0.3) is 0 Å². The third kappa shape index (κ3) is 5.18. The Hall–Kier alpha value is -3.15. The molecule has 2 aliphatic heterocycles. The second-order valence-corrected chi connectivity index (χ2v) is 11.4. The lowest BCUT2D eigenvalue weighted by Crippen LogP contribution is -2.48. The number of aromatic nitrogens is 4. The lowest BCUT2D eigenvalue weighted by molar-refractivity contribution is -0.0230. The average molecular weight is 510 g/mol. The quantitative estimate of drug-likeness (QED) is 0.485. The van der Waals surface area contributed by atoms with E-state index in [-0.39, 0.29) is 22.3 Å². The fourth-order valence-electron chi connectivity index (χ4n) is 5.29. The van der Waals surface area contributed by atoms with E-state index in [1.165, 1.54) is 37.0 Å². The molecule has 0 aromatic carbocycles. The molecule has 2 saturated heterocycles. The number of rotatable bonds is 7. The highest BCUT2D eigenvalue weighted by Crippen LogP contribution is 2.42. The van der Waals surface area contributed by atoms with Gasteiger partial charge in [-0.2, -0.15) is 0 Å². The van der Waals surface area contributed by atoms with Gasteiger partial charge >= 0.3 is 0 Å². The van der Waals surface area contributed by atoms with Gasteiger partial charge in [-0.1, -0.05) is 6.07 Å². The Kier molecular flexibility index (Phi) is 6.87. The Morgan fingerprint density at radius 2 is 1.78 bits per heavy atom. The number of hydrogen-bond acceptors (Lipinski definition) is 10. The van der Waals surface area contributed by atoms with Gasteiger partial charge < -0.3 is 15.4 Å². The predicted octanol–water partition coefficient (Wildman–Crippen LogP) is 3.86. The SMILES string of the molecule is C[C@@H](c1ccc(Nc2cc(Nc3ncccc3S(C)(=O)=O)ncn2)nc1)N1CCCC12CCOCC2. The fourth-order valence-corrected chi connectivity index (χ4v) is 6.07. The molecule has 0 unspecified atom stereocenters. The summed E-state index contributed by atoms with van der Waals surface area (Å²) in [6.07, 6.45) is 10.6. The van der Waals surface area contributed by atoms with Crippen LogP contribution in [-0.2, 0) is 14.6 Å². The molecule has 2 aliphatic rings. The summed E-state index contributed by atoms with van der Waals surface area (Å²) in [4.78, 5) is 20.0. The largest absolute Gasteiger partial charge is 0.381 e. The Labute approximate surface area is 211 Å².